The zero-order valence-electron chi connectivity index (χ0n) is 13.8. The number of carbonyl (C=O) groups is 1. The second-order valence-electron chi connectivity index (χ2n) is 6.77. The molecule has 0 fully saturated rings. The van der Waals surface area contributed by atoms with Crippen molar-refractivity contribution >= 4 is 21.7 Å². The van der Waals surface area contributed by atoms with E-state index in [1.54, 1.807) is 41.2 Å². The van der Waals surface area contributed by atoms with Crippen LogP contribution in [0.25, 0.3) is 0 Å². The van der Waals surface area contributed by atoms with E-state index in [4.69, 9.17) is 0 Å². The van der Waals surface area contributed by atoms with Gasteiger partial charge in [0.1, 0.15) is 5.82 Å². The van der Waals surface area contributed by atoms with Crippen LogP contribution in [0.15, 0.2) is 41.4 Å². The Hall–Kier alpha value is -2.35. The minimum absolute atomic E-state index is 0.127. The number of sulfone groups is 1. The Morgan fingerprint density at radius 1 is 1.25 bits per heavy atom. The summed E-state index contributed by atoms with van der Waals surface area (Å²) in [5, 5.41) is 9.68. The van der Waals surface area contributed by atoms with Gasteiger partial charge in [-0.2, -0.15) is 5.10 Å². The van der Waals surface area contributed by atoms with E-state index in [1.165, 1.54) is 0 Å². The zero-order chi connectivity index (χ0) is 17.5. The number of urea groups is 1. The van der Waals surface area contributed by atoms with Gasteiger partial charge in [-0.3, -0.25) is 5.32 Å². The highest BCUT2D eigenvalue weighted by molar-refractivity contribution is 7.91. The molecule has 8 heteroatoms. The predicted molar refractivity (Wildman–Crippen MR) is 90.6 cm³/mol. The molecular formula is C16H20N4O3S. The van der Waals surface area contributed by atoms with E-state index in [0.717, 1.165) is 0 Å². The van der Waals surface area contributed by atoms with Gasteiger partial charge >= 0.3 is 6.03 Å². The molecule has 2 N–H and O–H groups in total. The lowest BCUT2D eigenvalue weighted by Gasteiger charge is -2.22. The summed E-state index contributed by atoms with van der Waals surface area (Å²) in [6.07, 6.45) is 1.61. The molecule has 0 radical (unpaired) electrons. The standard InChI is InChI=1S/C16H20N4O3S/c1-16(2,3)20-14(8-9-17-20)19-15(21)18-12-10-24(22,23)13-7-5-4-6-11(12)13/h4-9,12H,10H2,1-3H3,(H2,18,19,21)/t12-/m1/s1. The van der Waals surface area contributed by atoms with Gasteiger partial charge < -0.3 is 5.32 Å². The van der Waals surface area contributed by atoms with Gasteiger partial charge in [0.15, 0.2) is 9.84 Å². The van der Waals surface area contributed by atoms with E-state index in [1.807, 2.05) is 20.8 Å². The first kappa shape index (κ1) is 16.5. The average molecular weight is 348 g/mol. The summed E-state index contributed by atoms with van der Waals surface area (Å²) >= 11 is 0. The second-order valence-corrected chi connectivity index (χ2v) is 8.77. The third-order valence-electron chi connectivity index (χ3n) is 3.84. The number of carbonyl (C=O) groups excluding carboxylic acids is 1. The summed E-state index contributed by atoms with van der Waals surface area (Å²) < 4.78 is 26.0. The molecule has 0 saturated heterocycles. The maximum absolute atomic E-state index is 12.3. The number of benzene rings is 1. The van der Waals surface area contributed by atoms with Crippen LogP contribution in [-0.2, 0) is 15.4 Å². The average Bonchev–Trinajstić information content (AvgIpc) is 3.03. The van der Waals surface area contributed by atoms with Crippen LogP contribution in [0.3, 0.4) is 0 Å². The summed E-state index contributed by atoms with van der Waals surface area (Å²) in [7, 11) is -3.35. The number of amides is 2. The van der Waals surface area contributed by atoms with Crippen LogP contribution in [0.5, 0.6) is 0 Å². The summed E-state index contributed by atoms with van der Waals surface area (Å²) in [4.78, 5) is 12.6. The number of aromatic nitrogens is 2. The first-order chi connectivity index (χ1) is 11.2. The Labute approximate surface area is 141 Å². The molecule has 24 heavy (non-hydrogen) atoms. The molecule has 2 amide bonds. The topological polar surface area (TPSA) is 93.1 Å². The molecule has 3 rings (SSSR count). The van der Waals surface area contributed by atoms with Gasteiger partial charge in [0, 0.05) is 6.07 Å². The lowest BCUT2D eigenvalue weighted by molar-refractivity contribution is 0.249. The van der Waals surface area contributed by atoms with E-state index in [0.29, 0.717) is 11.4 Å². The normalized spacial score (nSPS) is 18.9. The van der Waals surface area contributed by atoms with Crippen molar-refractivity contribution in [2.24, 2.45) is 0 Å². The van der Waals surface area contributed by atoms with Gasteiger partial charge in [-0.05, 0) is 32.4 Å². The zero-order valence-corrected chi connectivity index (χ0v) is 14.6. The largest absolute Gasteiger partial charge is 0.330 e. The maximum Gasteiger partial charge on any atom is 0.320 e. The number of fused-ring (bicyclic) bond motifs is 1. The lowest BCUT2D eigenvalue weighted by atomic mass is 10.1. The number of hydrogen-bond acceptors (Lipinski definition) is 4. The van der Waals surface area contributed by atoms with Crippen LogP contribution in [0.4, 0.5) is 10.6 Å². The third kappa shape index (κ3) is 3.01. The van der Waals surface area contributed by atoms with Crippen molar-refractivity contribution in [2.45, 2.75) is 37.2 Å². The minimum Gasteiger partial charge on any atom is -0.330 e. The highest BCUT2D eigenvalue weighted by atomic mass is 32.2. The summed E-state index contributed by atoms with van der Waals surface area (Å²) in [5.74, 6) is 0.423. The van der Waals surface area contributed by atoms with Crippen molar-refractivity contribution in [2.75, 3.05) is 11.1 Å². The second kappa shape index (κ2) is 5.62. The van der Waals surface area contributed by atoms with Crippen LogP contribution in [0.1, 0.15) is 32.4 Å². The molecule has 1 aliphatic heterocycles. The molecule has 2 heterocycles. The molecule has 7 nitrogen and oxygen atoms in total. The predicted octanol–water partition coefficient (Wildman–Crippen LogP) is 2.29. The lowest BCUT2D eigenvalue weighted by Crippen LogP contribution is -2.35. The molecule has 0 spiro atoms. The smallest absolute Gasteiger partial charge is 0.320 e. The van der Waals surface area contributed by atoms with Crippen molar-refractivity contribution in [3.8, 4) is 0 Å². The molecule has 0 bridgehead atoms. The van der Waals surface area contributed by atoms with Crippen LogP contribution in [-0.4, -0.2) is 30.0 Å². The first-order valence-electron chi connectivity index (χ1n) is 7.62. The highest BCUT2D eigenvalue weighted by Crippen LogP contribution is 2.33. The van der Waals surface area contributed by atoms with Crippen molar-refractivity contribution in [3.05, 3.63) is 42.1 Å². The monoisotopic (exact) mass is 348 g/mol. The van der Waals surface area contributed by atoms with Crippen LogP contribution >= 0.6 is 0 Å². The van der Waals surface area contributed by atoms with Crippen molar-refractivity contribution in [3.63, 3.8) is 0 Å². The first-order valence-corrected chi connectivity index (χ1v) is 9.27. The van der Waals surface area contributed by atoms with Crippen LogP contribution in [0.2, 0.25) is 0 Å². The van der Waals surface area contributed by atoms with Crippen molar-refractivity contribution < 1.29 is 13.2 Å². The summed E-state index contributed by atoms with van der Waals surface area (Å²) in [5.41, 5.74) is 0.340. The van der Waals surface area contributed by atoms with E-state index in [9.17, 15) is 13.2 Å². The Morgan fingerprint density at radius 3 is 2.67 bits per heavy atom. The van der Waals surface area contributed by atoms with Gasteiger partial charge in [0.2, 0.25) is 0 Å². The fourth-order valence-corrected chi connectivity index (χ4v) is 4.55. The van der Waals surface area contributed by atoms with Gasteiger partial charge in [-0.25, -0.2) is 17.9 Å². The third-order valence-corrected chi connectivity index (χ3v) is 5.65. The van der Waals surface area contributed by atoms with Crippen LogP contribution in [0, 0.1) is 0 Å². The van der Waals surface area contributed by atoms with Gasteiger partial charge in [0.25, 0.3) is 0 Å². The Balaban J connectivity index is 1.77. The summed E-state index contributed by atoms with van der Waals surface area (Å²) in [6, 6.07) is 7.42. The SMILES string of the molecule is CC(C)(C)n1nccc1NC(=O)N[C@@H]1CS(=O)(=O)c2ccccc21. The Bertz CT molecular complexity index is 881. The molecule has 1 aliphatic rings. The van der Waals surface area contributed by atoms with Crippen LogP contribution < -0.4 is 10.6 Å². The molecule has 2 aromatic rings. The molecule has 0 saturated carbocycles. The molecule has 0 unspecified atom stereocenters. The van der Waals surface area contributed by atoms with Gasteiger partial charge in [0.05, 0.1) is 28.4 Å². The molecule has 1 aromatic heterocycles. The Morgan fingerprint density at radius 2 is 1.96 bits per heavy atom. The Kier molecular flexibility index (Phi) is 3.87. The van der Waals surface area contributed by atoms with Crippen molar-refractivity contribution in [1.82, 2.24) is 15.1 Å². The number of hydrogen-bond donors (Lipinski definition) is 2. The van der Waals surface area contributed by atoms with Gasteiger partial charge in [-0.15, -0.1) is 0 Å². The van der Waals surface area contributed by atoms with Gasteiger partial charge in [-0.1, -0.05) is 18.2 Å². The number of anilines is 1. The fraction of sp³-hybridized carbons (Fsp3) is 0.375. The molecular weight excluding hydrogens is 328 g/mol. The molecule has 1 aromatic carbocycles. The quantitative estimate of drug-likeness (QED) is 0.871. The maximum atomic E-state index is 12.3. The minimum atomic E-state index is -3.35. The number of rotatable bonds is 2. The van der Waals surface area contributed by atoms with Crippen molar-refractivity contribution in [1.29, 1.82) is 0 Å². The van der Waals surface area contributed by atoms with E-state index in [-0.39, 0.29) is 16.2 Å². The number of nitrogens with zero attached hydrogens (tertiary/aromatic N) is 2. The number of nitrogens with one attached hydrogen (secondary N) is 2. The van der Waals surface area contributed by atoms with E-state index in [2.05, 4.69) is 15.7 Å². The molecule has 0 aliphatic carbocycles. The van der Waals surface area contributed by atoms with E-state index >= 15 is 0 Å². The molecule has 128 valence electrons. The summed E-state index contributed by atoms with van der Waals surface area (Å²) in [6.45, 7) is 5.93. The fourth-order valence-electron chi connectivity index (χ4n) is 2.81. The molecule has 1 atom stereocenters. The van der Waals surface area contributed by atoms with E-state index < -0.39 is 21.9 Å². The highest BCUT2D eigenvalue weighted by Gasteiger charge is 2.35.